The van der Waals surface area contributed by atoms with Gasteiger partial charge >= 0.3 is 0 Å². The van der Waals surface area contributed by atoms with Crippen LogP contribution in [0.4, 0.5) is 5.82 Å². The Kier molecular flexibility index (Phi) is 6.89. The van der Waals surface area contributed by atoms with E-state index in [0.29, 0.717) is 23.9 Å². The molecule has 25 heavy (non-hydrogen) atoms. The first-order chi connectivity index (χ1) is 12.0. The zero-order chi connectivity index (χ0) is 18.2. The number of carbonyl (C=O) groups is 1. The van der Waals surface area contributed by atoms with Crippen LogP contribution in [0.15, 0.2) is 36.4 Å². The van der Waals surface area contributed by atoms with Gasteiger partial charge in [0.2, 0.25) is 0 Å². The Morgan fingerprint density at radius 2 is 1.92 bits per heavy atom. The van der Waals surface area contributed by atoms with Crippen LogP contribution in [0.2, 0.25) is 0 Å². The summed E-state index contributed by atoms with van der Waals surface area (Å²) in [7, 11) is 3.94. The van der Waals surface area contributed by atoms with Crippen molar-refractivity contribution in [3.63, 3.8) is 0 Å². The first-order valence-corrected chi connectivity index (χ1v) is 8.63. The third-order valence-electron chi connectivity index (χ3n) is 3.84. The molecule has 134 valence electrons. The smallest absolute Gasteiger partial charge is 0.270 e. The number of hydrogen-bond donors (Lipinski definition) is 2. The molecule has 0 aliphatic heterocycles. The van der Waals surface area contributed by atoms with Crippen molar-refractivity contribution >= 4 is 11.7 Å². The van der Waals surface area contributed by atoms with E-state index in [-0.39, 0.29) is 11.9 Å². The maximum absolute atomic E-state index is 12.5. The summed E-state index contributed by atoms with van der Waals surface area (Å²) in [6.45, 7) is 5.54. The highest BCUT2D eigenvalue weighted by molar-refractivity contribution is 5.93. The molecule has 2 rings (SSSR count). The highest BCUT2D eigenvalue weighted by Crippen LogP contribution is 2.18. The number of likely N-dealkylation sites (N-methyl/N-ethyl adjacent to an activating group) is 1. The lowest BCUT2D eigenvalue weighted by atomic mass is 10.2. The maximum atomic E-state index is 12.5. The number of nitrogens with zero attached hydrogens (tertiary/aromatic N) is 3. The van der Waals surface area contributed by atoms with Crippen LogP contribution in [0.1, 0.15) is 30.8 Å². The zero-order valence-electron chi connectivity index (χ0n) is 15.4. The van der Waals surface area contributed by atoms with Crippen LogP contribution in [-0.2, 0) is 0 Å². The highest BCUT2D eigenvalue weighted by Gasteiger charge is 2.13. The van der Waals surface area contributed by atoms with Crippen LogP contribution in [0.5, 0.6) is 0 Å². The van der Waals surface area contributed by atoms with Crippen molar-refractivity contribution in [2.45, 2.75) is 26.3 Å². The fourth-order valence-electron chi connectivity index (χ4n) is 2.19. The SMILES string of the molecule is CCC(C)Nc1cc(C(=O)NCCN(C)C)nc(-c2ccccc2)n1. The lowest BCUT2D eigenvalue weighted by Gasteiger charge is -2.15. The van der Waals surface area contributed by atoms with Gasteiger partial charge in [0.1, 0.15) is 11.5 Å². The van der Waals surface area contributed by atoms with Crippen LogP contribution in [0, 0.1) is 0 Å². The molecule has 0 spiro atoms. The number of hydrogen-bond acceptors (Lipinski definition) is 5. The summed E-state index contributed by atoms with van der Waals surface area (Å²) in [5, 5.41) is 6.24. The highest BCUT2D eigenvalue weighted by atomic mass is 16.1. The number of rotatable bonds is 8. The van der Waals surface area contributed by atoms with Gasteiger partial charge in [-0.05, 0) is 27.4 Å². The summed E-state index contributed by atoms with van der Waals surface area (Å²) >= 11 is 0. The summed E-state index contributed by atoms with van der Waals surface area (Å²) in [6.07, 6.45) is 0.967. The third kappa shape index (κ3) is 5.83. The van der Waals surface area contributed by atoms with Gasteiger partial charge < -0.3 is 15.5 Å². The number of amides is 1. The van der Waals surface area contributed by atoms with E-state index in [1.54, 1.807) is 6.07 Å². The van der Waals surface area contributed by atoms with Gasteiger partial charge in [-0.2, -0.15) is 0 Å². The van der Waals surface area contributed by atoms with E-state index in [9.17, 15) is 4.79 Å². The molecule has 0 bridgehead atoms. The minimum Gasteiger partial charge on any atom is -0.367 e. The molecule has 0 saturated heterocycles. The second-order valence-electron chi connectivity index (χ2n) is 6.34. The van der Waals surface area contributed by atoms with Crippen molar-refractivity contribution in [1.82, 2.24) is 20.2 Å². The molecule has 1 aromatic carbocycles. The number of benzene rings is 1. The minimum atomic E-state index is -0.186. The Balaban J connectivity index is 2.28. The van der Waals surface area contributed by atoms with E-state index in [4.69, 9.17) is 0 Å². The predicted molar refractivity (Wildman–Crippen MR) is 102 cm³/mol. The molecule has 0 aliphatic carbocycles. The molecule has 1 heterocycles. The molecule has 2 N–H and O–H groups in total. The van der Waals surface area contributed by atoms with E-state index in [1.165, 1.54) is 0 Å². The van der Waals surface area contributed by atoms with Crippen LogP contribution in [0.3, 0.4) is 0 Å². The average molecular weight is 341 g/mol. The first-order valence-electron chi connectivity index (χ1n) is 8.63. The fraction of sp³-hybridized carbons (Fsp3) is 0.421. The van der Waals surface area contributed by atoms with E-state index in [0.717, 1.165) is 18.5 Å². The molecule has 0 saturated carbocycles. The fourth-order valence-corrected chi connectivity index (χ4v) is 2.19. The standard InChI is InChI=1S/C19H27N5O/c1-5-14(2)21-17-13-16(19(25)20-11-12-24(3)4)22-18(23-17)15-9-7-6-8-10-15/h6-10,13-14H,5,11-12H2,1-4H3,(H,20,25)(H,21,22,23). The molecule has 0 fully saturated rings. The quantitative estimate of drug-likeness (QED) is 0.772. The van der Waals surface area contributed by atoms with E-state index >= 15 is 0 Å². The maximum Gasteiger partial charge on any atom is 0.270 e. The summed E-state index contributed by atoms with van der Waals surface area (Å²) < 4.78 is 0. The summed E-state index contributed by atoms with van der Waals surface area (Å²) in [5.74, 6) is 1.03. The number of aromatic nitrogens is 2. The molecule has 0 aliphatic rings. The van der Waals surface area contributed by atoms with Gasteiger partial charge in [-0.1, -0.05) is 37.3 Å². The topological polar surface area (TPSA) is 70.2 Å². The van der Waals surface area contributed by atoms with Crippen LogP contribution in [-0.4, -0.2) is 54.0 Å². The van der Waals surface area contributed by atoms with Crippen molar-refractivity contribution in [2.75, 3.05) is 32.5 Å². The van der Waals surface area contributed by atoms with Crippen molar-refractivity contribution in [2.24, 2.45) is 0 Å². The largest absolute Gasteiger partial charge is 0.367 e. The van der Waals surface area contributed by atoms with Gasteiger partial charge in [0.15, 0.2) is 5.82 Å². The molecule has 1 aromatic heterocycles. The molecule has 6 heteroatoms. The Labute approximate surface area is 149 Å². The number of nitrogens with one attached hydrogen (secondary N) is 2. The minimum absolute atomic E-state index is 0.186. The lowest BCUT2D eigenvalue weighted by molar-refractivity contribution is 0.0946. The van der Waals surface area contributed by atoms with Crippen molar-refractivity contribution < 1.29 is 4.79 Å². The molecular formula is C19H27N5O. The monoisotopic (exact) mass is 341 g/mol. The van der Waals surface area contributed by atoms with Gasteiger partial charge in [-0.3, -0.25) is 4.79 Å². The van der Waals surface area contributed by atoms with Crippen LogP contribution < -0.4 is 10.6 Å². The van der Waals surface area contributed by atoms with Crippen molar-refractivity contribution in [1.29, 1.82) is 0 Å². The Hall–Kier alpha value is -2.47. The molecule has 2 aromatic rings. The van der Waals surface area contributed by atoms with Crippen LogP contribution in [0.25, 0.3) is 11.4 Å². The number of carbonyl (C=O) groups excluding carboxylic acids is 1. The predicted octanol–water partition coefficient (Wildman–Crippen LogP) is 2.65. The summed E-state index contributed by atoms with van der Waals surface area (Å²) in [5.41, 5.74) is 1.26. The second-order valence-corrected chi connectivity index (χ2v) is 6.34. The van der Waals surface area contributed by atoms with Gasteiger partial charge in [0, 0.05) is 30.8 Å². The Bertz CT molecular complexity index is 687. The van der Waals surface area contributed by atoms with Gasteiger partial charge in [0.05, 0.1) is 0 Å². The van der Waals surface area contributed by atoms with E-state index < -0.39 is 0 Å². The van der Waals surface area contributed by atoms with Gasteiger partial charge in [-0.15, -0.1) is 0 Å². The van der Waals surface area contributed by atoms with E-state index in [2.05, 4.69) is 34.4 Å². The molecule has 1 atom stereocenters. The molecule has 1 amide bonds. The number of anilines is 1. The zero-order valence-corrected chi connectivity index (χ0v) is 15.4. The van der Waals surface area contributed by atoms with Crippen molar-refractivity contribution in [3.05, 3.63) is 42.1 Å². The van der Waals surface area contributed by atoms with Crippen molar-refractivity contribution in [3.8, 4) is 11.4 Å². The van der Waals surface area contributed by atoms with Gasteiger partial charge in [0.25, 0.3) is 5.91 Å². The third-order valence-corrected chi connectivity index (χ3v) is 3.84. The van der Waals surface area contributed by atoms with Crippen LogP contribution >= 0.6 is 0 Å². The average Bonchev–Trinajstić information content (AvgIpc) is 2.61. The second kappa shape index (κ2) is 9.13. The summed E-state index contributed by atoms with van der Waals surface area (Å²) in [4.78, 5) is 23.5. The van der Waals surface area contributed by atoms with E-state index in [1.807, 2.05) is 49.3 Å². The molecule has 1 unspecified atom stereocenters. The molecule has 0 radical (unpaired) electrons. The lowest BCUT2D eigenvalue weighted by Crippen LogP contribution is -2.32. The normalized spacial score (nSPS) is 12.0. The Morgan fingerprint density at radius 1 is 1.20 bits per heavy atom. The molecule has 6 nitrogen and oxygen atoms in total. The van der Waals surface area contributed by atoms with Gasteiger partial charge in [-0.25, -0.2) is 9.97 Å². The molecular weight excluding hydrogens is 314 g/mol. The first kappa shape index (κ1) is 18.9. The Morgan fingerprint density at radius 3 is 2.56 bits per heavy atom. The summed E-state index contributed by atoms with van der Waals surface area (Å²) in [6, 6.07) is 11.7.